The molecule has 0 saturated heterocycles. The van der Waals surface area contributed by atoms with Crippen LogP contribution in [0, 0.1) is 13.8 Å². The molecule has 0 unspecified atom stereocenters. The second-order valence-electron chi connectivity index (χ2n) is 4.71. The zero-order valence-corrected chi connectivity index (χ0v) is 11.5. The summed E-state index contributed by atoms with van der Waals surface area (Å²) in [6.07, 6.45) is 0. The lowest BCUT2D eigenvalue weighted by molar-refractivity contribution is 0.562. The minimum absolute atomic E-state index is 0.467. The van der Waals surface area contributed by atoms with Gasteiger partial charge in [0.05, 0.1) is 11.9 Å². The summed E-state index contributed by atoms with van der Waals surface area (Å²) in [4.78, 5) is 8.75. The Bertz CT molecular complexity index is 749. The van der Waals surface area contributed by atoms with Gasteiger partial charge in [0.15, 0.2) is 5.82 Å². The van der Waals surface area contributed by atoms with Gasteiger partial charge in [0.2, 0.25) is 5.71 Å². The van der Waals surface area contributed by atoms with E-state index in [0.29, 0.717) is 23.9 Å². The number of hydrogen-bond donors (Lipinski definition) is 2. The second kappa shape index (κ2) is 4.85. The number of anilines is 2. The molecule has 2 heterocycles. The lowest BCUT2D eigenvalue weighted by Gasteiger charge is -2.05. The van der Waals surface area contributed by atoms with Gasteiger partial charge in [-0.05, 0) is 26.0 Å². The topological polar surface area (TPSA) is 77.0 Å². The maximum atomic E-state index is 6.00. The molecule has 0 atom stereocenters. The molecule has 0 amide bonds. The number of aromatic nitrogens is 2. The van der Waals surface area contributed by atoms with Gasteiger partial charge in [-0.2, -0.15) is 4.98 Å². The van der Waals surface area contributed by atoms with Gasteiger partial charge in [-0.25, -0.2) is 4.98 Å². The molecule has 5 nitrogen and oxygen atoms in total. The second-order valence-corrected chi connectivity index (χ2v) is 4.71. The van der Waals surface area contributed by atoms with Crippen molar-refractivity contribution in [3.8, 4) is 0 Å². The molecule has 3 N–H and O–H groups in total. The number of nitrogen functional groups attached to an aromatic ring is 1. The molecule has 102 valence electrons. The van der Waals surface area contributed by atoms with Crippen molar-refractivity contribution in [2.45, 2.75) is 20.4 Å². The summed E-state index contributed by atoms with van der Waals surface area (Å²) in [5.74, 6) is 1.91. The van der Waals surface area contributed by atoms with E-state index >= 15 is 0 Å². The van der Waals surface area contributed by atoms with E-state index in [1.807, 2.05) is 44.2 Å². The monoisotopic (exact) mass is 268 g/mol. The van der Waals surface area contributed by atoms with Crippen molar-refractivity contribution in [2.75, 3.05) is 11.1 Å². The number of nitrogens with zero attached hydrogens (tertiary/aromatic N) is 2. The van der Waals surface area contributed by atoms with E-state index in [1.165, 1.54) is 0 Å². The number of para-hydroxylation sites is 1. The number of rotatable bonds is 3. The predicted octanol–water partition coefficient (Wildman–Crippen LogP) is 3.03. The minimum Gasteiger partial charge on any atom is -0.443 e. The Kier molecular flexibility index (Phi) is 3.02. The fourth-order valence-corrected chi connectivity index (χ4v) is 2.14. The van der Waals surface area contributed by atoms with E-state index in [4.69, 9.17) is 10.2 Å². The summed E-state index contributed by atoms with van der Waals surface area (Å²) in [6, 6.07) is 9.90. The number of benzene rings is 1. The van der Waals surface area contributed by atoms with Crippen LogP contribution in [0.25, 0.3) is 11.1 Å². The molecule has 0 fully saturated rings. The number of furan rings is 1. The Morgan fingerprint density at radius 3 is 2.65 bits per heavy atom. The van der Waals surface area contributed by atoms with Crippen LogP contribution in [-0.2, 0) is 6.54 Å². The highest BCUT2D eigenvalue weighted by Crippen LogP contribution is 2.27. The molecule has 0 radical (unpaired) electrons. The van der Waals surface area contributed by atoms with Crippen LogP contribution in [-0.4, -0.2) is 9.97 Å². The van der Waals surface area contributed by atoms with Crippen LogP contribution in [0.1, 0.15) is 17.1 Å². The fourth-order valence-electron chi connectivity index (χ4n) is 2.14. The smallest absolute Gasteiger partial charge is 0.232 e. The van der Waals surface area contributed by atoms with Crippen LogP contribution in [0.5, 0.6) is 0 Å². The average Bonchev–Trinajstić information content (AvgIpc) is 2.73. The third-order valence-corrected chi connectivity index (χ3v) is 3.33. The van der Waals surface area contributed by atoms with E-state index in [1.54, 1.807) is 0 Å². The Labute approximate surface area is 116 Å². The largest absolute Gasteiger partial charge is 0.443 e. The van der Waals surface area contributed by atoms with Gasteiger partial charge in [0.1, 0.15) is 11.6 Å². The van der Waals surface area contributed by atoms with E-state index in [2.05, 4.69) is 15.3 Å². The molecule has 0 bridgehead atoms. The van der Waals surface area contributed by atoms with Gasteiger partial charge in [0, 0.05) is 11.3 Å². The summed E-state index contributed by atoms with van der Waals surface area (Å²) in [5, 5.41) is 4.06. The molecule has 20 heavy (non-hydrogen) atoms. The molecule has 0 spiro atoms. The van der Waals surface area contributed by atoms with Crippen molar-refractivity contribution >= 4 is 22.6 Å². The summed E-state index contributed by atoms with van der Waals surface area (Å²) in [5.41, 5.74) is 8.57. The highest BCUT2D eigenvalue weighted by atomic mass is 16.3. The van der Waals surface area contributed by atoms with Crippen LogP contribution < -0.4 is 11.1 Å². The molecule has 0 aliphatic carbocycles. The lowest BCUT2D eigenvalue weighted by Crippen LogP contribution is -2.06. The van der Waals surface area contributed by atoms with Crippen molar-refractivity contribution < 1.29 is 4.42 Å². The predicted molar refractivity (Wildman–Crippen MR) is 79.5 cm³/mol. The first-order chi connectivity index (χ1) is 9.65. The van der Waals surface area contributed by atoms with Gasteiger partial charge < -0.3 is 15.5 Å². The summed E-state index contributed by atoms with van der Waals surface area (Å²) in [6.45, 7) is 4.37. The maximum absolute atomic E-state index is 6.00. The van der Waals surface area contributed by atoms with E-state index < -0.39 is 0 Å². The molecule has 0 aliphatic heterocycles. The van der Waals surface area contributed by atoms with E-state index in [0.717, 1.165) is 22.4 Å². The summed E-state index contributed by atoms with van der Waals surface area (Å²) in [7, 11) is 0. The van der Waals surface area contributed by atoms with Crippen LogP contribution in [0.2, 0.25) is 0 Å². The average molecular weight is 268 g/mol. The molecule has 0 aliphatic rings. The Morgan fingerprint density at radius 2 is 1.90 bits per heavy atom. The minimum atomic E-state index is 0.467. The van der Waals surface area contributed by atoms with Crippen molar-refractivity contribution in [3.63, 3.8) is 0 Å². The van der Waals surface area contributed by atoms with E-state index in [-0.39, 0.29) is 0 Å². The first-order valence-corrected chi connectivity index (χ1v) is 6.46. The van der Waals surface area contributed by atoms with Crippen molar-refractivity contribution in [1.82, 2.24) is 9.97 Å². The van der Waals surface area contributed by atoms with Crippen LogP contribution in [0.3, 0.4) is 0 Å². The number of nitrogens with two attached hydrogens (primary N) is 1. The third kappa shape index (κ3) is 2.18. The summed E-state index contributed by atoms with van der Waals surface area (Å²) < 4.78 is 5.61. The molecule has 0 saturated carbocycles. The molecule has 5 heteroatoms. The van der Waals surface area contributed by atoms with Gasteiger partial charge in [-0.15, -0.1) is 0 Å². The molecule has 2 aromatic heterocycles. The molecule has 3 aromatic rings. The quantitative estimate of drug-likeness (QED) is 0.763. The van der Waals surface area contributed by atoms with Gasteiger partial charge in [-0.3, -0.25) is 0 Å². The lowest BCUT2D eigenvalue weighted by atomic mass is 10.2. The first-order valence-electron chi connectivity index (χ1n) is 6.46. The number of hydrogen-bond acceptors (Lipinski definition) is 5. The van der Waals surface area contributed by atoms with Gasteiger partial charge in [-0.1, -0.05) is 18.2 Å². The molecule has 3 rings (SSSR count). The molecule has 1 aromatic carbocycles. The third-order valence-electron chi connectivity index (χ3n) is 3.33. The Balaban J connectivity index is 1.89. The van der Waals surface area contributed by atoms with Crippen LogP contribution in [0.15, 0.2) is 34.7 Å². The SMILES string of the molecule is Cc1oc2nc(CNc3ccccc3)nc(N)c2c1C. The normalized spacial score (nSPS) is 10.9. The van der Waals surface area contributed by atoms with E-state index in [9.17, 15) is 0 Å². The van der Waals surface area contributed by atoms with Crippen LogP contribution in [0.4, 0.5) is 11.5 Å². The van der Waals surface area contributed by atoms with Crippen LogP contribution >= 0.6 is 0 Å². The molecular formula is C15H16N4O. The standard InChI is InChI=1S/C15H16N4O/c1-9-10(2)20-15-13(9)14(16)18-12(19-15)8-17-11-6-4-3-5-7-11/h3-7,17H,8H2,1-2H3,(H2,16,18,19). The highest BCUT2D eigenvalue weighted by Gasteiger charge is 2.14. The number of nitrogens with one attached hydrogen (secondary N) is 1. The number of aryl methyl sites for hydroxylation is 2. The summed E-state index contributed by atoms with van der Waals surface area (Å²) >= 11 is 0. The van der Waals surface area contributed by atoms with Gasteiger partial charge in [0.25, 0.3) is 0 Å². The van der Waals surface area contributed by atoms with Crippen molar-refractivity contribution in [3.05, 3.63) is 47.5 Å². The van der Waals surface area contributed by atoms with Gasteiger partial charge >= 0.3 is 0 Å². The highest BCUT2D eigenvalue weighted by molar-refractivity contribution is 5.88. The Hall–Kier alpha value is -2.56. The Morgan fingerprint density at radius 1 is 1.15 bits per heavy atom. The molecular weight excluding hydrogens is 252 g/mol. The van der Waals surface area contributed by atoms with Crippen molar-refractivity contribution in [1.29, 1.82) is 0 Å². The number of fused-ring (bicyclic) bond motifs is 1. The van der Waals surface area contributed by atoms with Crippen molar-refractivity contribution in [2.24, 2.45) is 0 Å². The first kappa shape index (κ1) is 12.5. The zero-order valence-electron chi connectivity index (χ0n) is 11.5. The zero-order chi connectivity index (χ0) is 14.1. The maximum Gasteiger partial charge on any atom is 0.232 e. The fraction of sp³-hybridized carbons (Fsp3) is 0.200.